The van der Waals surface area contributed by atoms with Gasteiger partial charge < -0.3 is 5.32 Å². The predicted octanol–water partition coefficient (Wildman–Crippen LogP) is 2.05. The summed E-state index contributed by atoms with van der Waals surface area (Å²) in [5.74, 6) is 0. The van der Waals surface area contributed by atoms with E-state index in [1.807, 2.05) is 38.2 Å². The highest BCUT2D eigenvalue weighted by Crippen LogP contribution is 2.19. The second kappa shape index (κ2) is 3.38. The standard InChI is InChI=1S/C10H11N3S/c1-7-8-5-3-4-6-9(8)11-10(14)13(2)12-7/h3-6H,1-2H3,(H,11,14). The van der Waals surface area contributed by atoms with Crippen LogP contribution < -0.4 is 5.32 Å². The van der Waals surface area contributed by atoms with Gasteiger partial charge in [-0.3, -0.25) is 0 Å². The molecule has 0 fully saturated rings. The van der Waals surface area contributed by atoms with Gasteiger partial charge >= 0.3 is 0 Å². The number of hydrogen-bond donors (Lipinski definition) is 1. The topological polar surface area (TPSA) is 27.6 Å². The van der Waals surface area contributed by atoms with Crippen molar-refractivity contribution in [3.05, 3.63) is 29.8 Å². The van der Waals surface area contributed by atoms with E-state index in [-0.39, 0.29) is 0 Å². The van der Waals surface area contributed by atoms with Crippen molar-refractivity contribution in [1.29, 1.82) is 0 Å². The molecule has 0 aromatic heterocycles. The normalized spacial score (nSPS) is 15.4. The number of nitrogens with one attached hydrogen (secondary N) is 1. The maximum atomic E-state index is 5.15. The molecular weight excluding hydrogens is 194 g/mol. The molecule has 3 nitrogen and oxygen atoms in total. The molecule has 1 aliphatic rings. The number of hydrazone groups is 1. The van der Waals surface area contributed by atoms with Crippen molar-refractivity contribution in [3.63, 3.8) is 0 Å². The minimum absolute atomic E-state index is 0.620. The molecule has 1 aromatic carbocycles. The number of para-hydroxylation sites is 1. The van der Waals surface area contributed by atoms with Crippen LogP contribution in [0.2, 0.25) is 0 Å². The van der Waals surface area contributed by atoms with E-state index in [4.69, 9.17) is 12.2 Å². The first-order chi connectivity index (χ1) is 6.68. The summed E-state index contributed by atoms with van der Waals surface area (Å²) in [4.78, 5) is 0. The maximum absolute atomic E-state index is 5.15. The Bertz CT molecular complexity index is 412. The van der Waals surface area contributed by atoms with Crippen LogP contribution in [0.1, 0.15) is 12.5 Å². The third-order valence-electron chi connectivity index (χ3n) is 2.15. The average Bonchev–Trinajstić information content (AvgIpc) is 2.27. The summed E-state index contributed by atoms with van der Waals surface area (Å²) >= 11 is 5.15. The molecule has 0 aliphatic carbocycles. The second-order valence-electron chi connectivity index (χ2n) is 3.18. The first kappa shape index (κ1) is 9.15. The van der Waals surface area contributed by atoms with Gasteiger partial charge in [-0.1, -0.05) is 18.2 Å². The molecule has 2 rings (SSSR count). The Balaban J connectivity index is 2.55. The molecule has 72 valence electrons. The number of rotatable bonds is 0. The number of thiocarbonyl (C=S) groups is 1. The lowest BCUT2D eigenvalue weighted by atomic mass is 10.1. The second-order valence-corrected chi connectivity index (χ2v) is 3.57. The van der Waals surface area contributed by atoms with Crippen LogP contribution in [0.3, 0.4) is 0 Å². The van der Waals surface area contributed by atoms with Crippen LogP contribution in [0.4, 0.5) is 5.69 Å². The monoisotopic (exact) mass is 205 g/mol. The predicted molar refractivity (Wildman–Crippen MR) is 62.6 cm³/mol. The van der Waals surface area contributed by atoms with Crippen LogP contribution in [0.15, 0.2) is 29.4 Å². The van der Waals surface area contributed by atoms with E-state index >= 15 is 0 Å². The number of nitrogens with zero attached hydrogens (tertiary/aromatic N) is 2. The lowest BCUT2D eigenvalue weighted by Crippen LogP contribution is -2.25. The number of benzene rings is 1. The van der Waals surface area contributed by atoms with E-state index in [0.29, 0.717) is 5.11 Å². The van der Waals surface area contributed by atoms with Crippen LogP contribution in [0.5, 0.6) is 0 Å². The minimum atomic E-state index is 0.620. The molecule has 1 aromatic rings. The third-order valence-corrected chi connectivity index (χ3v) is 2.52. The fraction of sp³-hybridized carbons (Fsp3) is 0.200. The van der Waals surface area contributed by atoms with Gasteiger partial charge in [-0.05, 0) is 25.2 Å². The third kappa shape index (κ3) is 1.48. The Labute approximate surface area is 88.4 Å². The first-order valence-corrected chi connectivity index (χ1v) is 4.78. The Morgan fingerprint density at radius 2 is 2.07 bits per heavy atom. The number of fused-ring (bicyclic) bond motifs is 1. The Morgan fingerprint density at radius 1 is 1.36 bits per heavy atom. The summed E-state index contributed by atoms with van der Waals surface area (Å²) in [6, 6.07) is 8.00. The highest BCUT2D eigenvalue weighted by molar-refractivity contribution is 7.80. The highest BCUT2D eigenvalue weighted by atomic mass is 32.1. The zero-order valence-electron chi connectivity index (χ0n) is 8.11. The van der Waals surface area contributed by atoms with Crippen molar-refractivity contribution in [2.45, 2.75) is 6.92 Å². The van der Waals surface area contributed by atoms with Crippen molar-refractivity contribution < 1.29 is 0 Å². The van der Waals surface area contributed by atoms with E-state index in [1.54, 1.807) is 5.01 Å². The SMILES string of the molecule is CC1=NN(C)C(=S)Nc2ccccc21. The van der Waals surface area contributed by atoms with E-state index in [0.717, 1.165) is 17.0 Å². The van der Waals surface area contributed by atoms with E-state index in [1.165, 1.54) is 0 Å². The molecule has 0 saturated heterocycles. The number of anilines is 1. The van der Waals surface area contributed by atoms with Gasteiger partial charge in [0.05, 0.1) is 5.71 Å². The quantitative estimate of drug-likeness (QED) is 0.657. The smallest absolute Gasteiger partial charge is 0.193 e. The van der Waals surface area contributed by atoms with Gasteiger partial charge in [0.25, 0.3) is 0 Å². The van der Waals surface area contributed by atoms with Gasteiger partial charge in [-0.2, -0.15) is 5.10 Å². The van der Waals surface area contributed by atoms with E-state index in [2.05, 4.69) is 10.4 Å². The van der Waals surface area contributed by atoms with E-state index in [9.17, 15) is 0 Å². The summed E-state index contributed by atoms with van der Waals surface area (Å²) in [7, 11) is 1.84. The molecular formula is C10H11N3S. The minimum Gasteiger partial charge on any atom is -0.331 e. The maximum Gasteiger partial charge on any atom is 0.193 e. The summed E-state index contributed by atoms with van der Waals surface area (Å²) in [5.41, 5.74) is 3.08. The van der Waals surface area contributed by atoms with Crippen molar-refractivity contribution in [2.24, 2.45) is 5.10 Å². The summed E-state index contributed by atoms with van der Waals surface area (Å²) in [6.45, 7) is 1.98. The summed E-state index contributed by atoms with van der Waals surface area (Å²) < 4.78 is 0. The van der Waals surface area contributed by atoms with Crippen molar-refractivity contribution >= 4 is 28.7 Å². The molecule has 0 spiro atoms. The van der Waals surface area contributed by atoms with Crippen LogP contribution >= 0.6 is 12.2 Å². The Morgan fingerprint density at radius 3 is 2.86 bits per heavy atom. The molecule has 1 N–H and O–H groups in total. The van der Waals surface area contributed by atoms with Crippen molar-refractivity contribution in [3.8, 4) is 0 Å². The molecule has 0 saturated carbocycles. The van der Waals surface area contributed by atoms with Gasteiger partial charge in [-0.15, -0.1) is 0 Å². The molecule has 0 unspecified atom stereocenters. The molecule has 0 amide bonds. The van der Waals surface area contributed by atoms with Crippen LogP contribution in [-0.2, 0) is 0 Å². The summed E-state index contributed by atoms with van der Waals surface area (Å²) in [6.07, 6.45) is 0. The van der Waals surface area contributed by atoms with Crippen molar-refractivity contribution in [1.82, 2.24) is 5.01 Å². The zero-order valence-corrected chi connectivity index (χ0v) is 8.93. The molecule has 0 radical (unpaired) electrons. The fourth-order valence-corrected chi connectivity index (χ4v) is 1.58. The molecule has 1 aliphatic heterocycles. The fourth-order valence-electron chi connectivity index (χ4n) is 1.43. The summed E-state index contributed by atoms with van der Waals surface area (Å²) in [5, 5.41) is 9.78. The molecule has 1 heterocycles. The zero-order chi connectivity index (χ0) is 10.1. The van der Waals surface area contributed by atoms with Crippen LogP contribution in [0, 0.1) is 0 Å². The largest absolute Gasteiger partial charge is 0.331 e. The van der Waals surface area contributed by atoms with Crippen LogP contribution in [0.25, 0.3) is 0 Å². The van der Waals surface area contributed by atoms with E-state index < -0.39 is 0 Å². The van der Waals surface area contributed by atoms with Gasteiger partial charge in [0.2, 0.25) is 0 Å². The Kier molecular flexibility index (Phi) is 2.21. The van der Waals surface area contributed by atoms with Gasteiger partial charge in [0.15, 0.2) is 5.11 Å². The molecule has 14 heavy (non-hydrogen) atoms. The first-order valence-electron chi connectivity index (χ1n) is 4.38. The Hall–Kier alpha value is -1.42. The lowest BCUT2D eigenvalue weighted by Gasteiger charge is -2.12. The average molecular weight is 205 g/mol. The highest BCUT2D eigenvalue weighted by Gasteiger charge is 2.13. The number of hydrogen-bond acceptors (Lipinski definition) is 2. The van der Waals surface area contributed by atoms with Gasteiger partial charge in [0, 0.05) is 18.3 Å². The van der Waals surface area contributed by atoms with Crippen LogP contribution in [-0.4, -0.2) is 22.9 Å². The molecule has 0 bridgehead atoms. The van der Waals surface area contributed by atoms with Crippen molar-refractivity contribution in [2.75, 3.05) is 12.4 Å². The molecule has 4 heteroatoms. The lowest BCUT2D eigenvalue weighted by molar-refractivity contribution is 0.555. The van der Waals surface area contributed by atoms with Gasteiger partial charge in [-0.25, -0.2) is 5.01 Å². The molecule has 0 atom stereocenters. The van der Waals surface area contributed by atoms with Gasteiger partial charge in [0.1, 0.15) is 0 Å².